The Hall–Kier alpha value is -1.62. The van der Waals surface area contributed by atoms with Crippen molar-refractivity contribution in [1.82, 2.24) is 14.5 Å². The first-order valence-electron chi connectivity index (χ1n) is 8.43. The average Bonchev–Trinajstić information content (AvgIpc) is 3.12. The van der Waals surface area contributed by atoms with Gasteiger partial charge in [0.15, 0.2) is 0 Å². The Kier molecular flexibility index (Phi) is 3.33. The normalized spacial score (nSPS) is 25.6. The first kappa shape index (κ1) is 14.0. The molecule has 2 aliphatic carbocycles. The number of aryl methyl sites for hydroxylation is 1. The summed E-state index contributed by atoms with van der Waals surface area (Å²) in [5, 5.41) is 14.4. The Morgan fingerprint density at radius 2 is 1.91 bits per heavy atom. The van der Waals surface area contributed by atoms with Gasteiger partial charge < -0.3 is 15.0 Å². The summed E-state index contributed by atoms with van der Waals surface area (Å²) in [5.74, 6) is 0.881. The third-order valence-corrected chi connectivity index (χ3v) is 5.58. The molecule has 118 valence electrons. The number of nitrogens with one attached hydrogen (secondary N) is 1. The molecule has 2 atom stereocenters. The molecule has 2 aliphatic rings. The summed E-state index contributed by atoms with van der Waals surface area (Å²) in [4.78, 5) is 9.05. The molecule has 22 heavy (non-hydrogen) atoms. The highest BCUT2D eigenvalue weighted by Gasteiger charge is 2.30. The number of nitrogens with zero attached hydrogens (tertiary/aromatic N) is 3. The monoisotopic (exact) mass is 300 g/mol. The fraction of sp³-hybridized carbons (Fsp3) is 0.647. The van der Waals surface area contributed by atoms with Crippen LogP contribution in [0, 0.1) is 13.8 Å². The van der Waals surface area contributed by atoms with Gasteiger partial charge in [-0.15, -0.1) is 0 Å². The number of anilines is 1. The van der Waals surface area contributed by atoms with Crippen LogP contribution in [0.1, 0.15) is 55.8 Å². The lowest BCUT2D eigenvalue weighted by molar-refractivity contribution is 0.0785. The molecular weight excluding hydrogens is 276 g/mol. The molecular formula is C17H24N4O. The van der Waals surface area contributed by atoms with Crippen molar-refractivity contribution in [3.63, 3.8) is 0 Å². The zero-order valence-corrected chi connectivity index (χ0v) is 13.3. The molecule has 2 N–H and O–H groups in total. The molecule has 2 fully saturated rings. The van der Waals surface area contributed by atoms with Gasteiger partial charge in [0.2, 0.25) is 0 Å². The van der Waals surface area contributed by atoms with Gasteiger partial charge in [-0.05, 0) is 45.1 Å². The minimum absolute atomic E-state index is 0.132. The predicted molar refractivity (Wildman–Crippen MR) is 87.2 cm³/mol. The minimum atomic E-state index is -0.247. The van der Waals surface area contributed by atoms with Crippen molar-refractivity contribution >= 4 is 16.9 Å². The van der Waals surface area contributed by atoms with Crippen molar-refractivity contribution in [2.45, 2.75) is 70.6 Å². The van der Waals surface area contributed by atoms with E-state index >= 15 is 0 Å². The van der Waals surface area contributed by atoms with E-state index in [2.05, 4.69) is 33.7 Å². The molecule has 5 nitrogen and oxygen atoms in total. The Labute approximate surface area is 130 Å². The topological polar surface area (TPSA) is 63.0 Å². The summed E-state index contributed by atoms with van der Waals surface area (Å²) in [6.45, 7) is 4.35. The van der Waals surface area contributed by atoms with Crippen LogP contribution < -0.4 is 5.32 Å². The van der Waals surface area contributed by atoms with Crippen LogP contribution in [0.25, 0.3) is 11.0 Å². The van der Waals surface area contributed by atoms with Gasteiger partial charge in [-0.2, -0.15) is 0 Å². The van der Waals surface area contributed by atoms with E-state index in [0.29, 0.717) is 6.04 Å². The molecule has 0 unspecified atom stereocenters. The van der Waals surface area contributed by atoms with Crippen molar-refractivity contribution in [2.24, 2.45) is 0 Å². The quantitative estimate of drug-likeness (QED) is 0.914. The maximum atomic E-state index is 9.83. The highest BCUT2D eigenvalue weighted by atomic mass is 16.3. The van der Waals surface area contributed by atoms with E-state index in [1.807, 2.05) is 0 Å². The third kappa shape index (κ3) is 2.02. The van der Waals surface area contributed by atoms with Crippen LogP contribution in [-0.4, -0.2) is 31.8 Å². The van der Waals surface area contributed by atoms with Gasteiger partial charge >= 0.3 is 0 Å². The van der Waals surface area contributed by atoms with Crippen LogP contribution in [0.4, 0.5) is 5.82 Å². The summed E-state index contributed by atoms with van der Waals surface area (Å²) in [6.07, 6.45) is 8.42. The zero-order chi connectivity index (χ0) is 15.3. The van der Waals surface area contributed by atoms with Crippen molar-refractivity contribution in [3.05, 3.63) is 17.6 Å². The van der Waals surface area contributed by atoms with E-state index in [-0.39, 0.29) is 12.1 Å². The first-order chi connectivity index (χ1) is 10.7. The largest absolute Gasteiger partial charge is 0.391 e. The van der Waals surface area contributed by atoms with Gasteiger partial charge in [0.25, 0.3) is 0 Å². The summed E-state index contributed by atoms with van der Waals surface area (Å²) < 4.78 is 2.42. The third-order valence-electron chi connectivity index (χ3n) is 5.58. The van der Waals surface area contributed by atoms with Gasteiger partial charge in [0.1, 0.15) is 17.8 Å². The summed E-state index contributed by atoms with van der Waals surface area (Å²) in [6, 6.07) is 0.709. The lowest BCUT2D eigenvalue weighted by atomic mass is 9.89. The number of hydrogen-bond acceptors (Lipinski definition) is 4. The lowest BCUT2D eigenvalue weighted by Gasteiger charge is -2.33. The van der Waals surface area contributed by atoms with Crippen molar-refractivity contribution in [3.8, 4) is 0 Å². The SMILES string of the molecule is Cc1c(C)n(C2CCCC2)c2ncnc(N[C@@H]3CC[C@H]3O)c12. The fourth-order valence-electron chi connectivity index (χ4n) is 3.97. The number of rotatable bonds is 3. The number of aliphatic hydroxyl groups is 1. The predicted octanol–water partition coefficient (Wildman–Crippen LogP) is 3.10. The highest BCUT2D eigenvalue weighted by Crippen LogP contribution is 2.38. The molecule has 0 spiro atoms. The molecule has 0 aromatic carbocycles. The van der Waals surface area contributed by atoms with Gasteiger partial charge in [-0.25, -0.2) is 9.97 Å². The van der Waals surface area contributed by atoms with Crippen LogP contribution in [0.15, 0.2) is 6.33 Å². The molecule has 0 amide bonds. The van der Waals surface area contributed by atoms with E-state index in [0.717, 1.165) is 29.7 Å². The maximum absolute atomic E-state index is 9.83. The Bertz CT molecular complexity index is 702. The molecule has 2 saturated carbocycles. The summed E-state index contributed by atoms with van der Waals surface area (Å²) in [7, 11) is 0. The van der Waals surface area contributed by atoms with E-state index < -0.39 is 0 Å². The number of aromatic nitrogens is 3. The minimum Gasteiger partial charge on any atom is -0.391 e. The molecule has 2 heterocycles. The molecule has 0 radical (unpaired) electrons. The summed E-state index contributed by atoms with van der Waals surface area (Å²) in [5.41, 5.74) is 3.62. The van der Waals surface area contributed by atoms with E-state index in [1.165, 1.54) is 36.9 Å². The standard InChI is InChI=1S/C17H24N4O/c1-10-11(2)21(12-5-3-4-6-12)17-15(10)16(18-9-19-17)20-13-7-8-14(13)22/h9,12-14,22H,3-8H2,1-2H3,(H,18,19,20)/t13-,14-/m1/s1. The van der Waals surface area contributed by atoms with Crippen LogP contribution in [0.3, 0.4) is 0 Å². The van der Waals surface area contributed by atoms with Gasteiger partial charge in [0, 0.05) is 11.7 Å². The molecule has 2 aromatic heterocycles. The molecule has 0 bridgehead atoms. The lowest BCUT2D eigenvalue weighted by Crippen LogP contribution is -2.43. The van der Waals surface area contributed by atoms with Crippen LogP contribution in [0.5, 0.6) is 0 Å². The number of hydrogen-bond donors (Lipinski definition) is 2. The molecule has 0 aliphatic heterocycles. The smallest absolute Gasteiger partial charge is 0.146 e. The molecule has 2 aromatic rings. The number of aliphatic hydroxyl groups excluding tert-OH is 1. The highest BCUT2D eigenvalue weighted by molar-refractivity contribution is 5.92. The first-order valence-corrected chi connectivity index (χ1v) is 8.43. The van der Waals surface area contributed by atoms with Crippen molar-refractivity contribution in [2.75, 3.05) is 5.32 Å². The average molecular weight is 300 g/mol. The van der Waals surface area contributed by atoms with Crippen LogP contribution in [0.2, 0.25) is 0 Å². The van der Waals surface area contributed by atoms with Crippen molar-refractivity contribution in [1.29, 1.82) is 0 Å². The second kappa shape index (κ2) is 5.23. The molecule has 4 rings (SSSR count). The Morgan fingerprint density at radius 3 is 2.55 bits per heavy atom. The van der Waals surface area contributed by atoms with Gasteiger partial charge in [0.05, 0.1) is 17.5 Å². The second-order valence-electron chi connectivity index (χ2n) is 6.84. The molecule has 0 saturated heterocycles. The van der Waals surface area contributed by atoms with Crippen molar-refractivity contribution < 1.29 is 5.11 Å². The van der Waals surface area contributed by atoms with E-state index in [9.17, 15) is 5.11 Å². The van der Waals surface area contributed by atoms with Gasteiger partial charge in [-0.3, -0.25) is 0 Å². The van der Waals surface area contributed by atoms with E-state index in [1.54, 1.807) is 6.33 Å². The Morgan fingerprint density at radius 1 is 1.14 bits per heavy atom. The van der Waals surface area contributed by atoms with Gasteiger partial charge in [-0.1, -0.05) is 12.8 Å². The second-order valence-corrected chi connectivity index (χ2v) is 6.84. The Balaban J connectivity index is 1.80. The zero-order valence-electron chi connectivity index (χ0n) is 13.3. The van der Waals surface area contributed by atoms with Crippen LogP contribution >= 0.6 is 0 Å². The van der Waals surface area contributed by atoms with E-state index in [4.69, 9.17) is 0 Å². The molecule has 5 heteroatoms. The number of fused-ring (bicyclic) bond motifs is 1. The fourth-order valence-corrected chi connectivity index (χ4v) is 3.97. The van der Waals surface area contributed by atoms with Crippen LogP contribution in [-0.2, 0) is 0 Å². The summed E-state index contributed by atoms with van der Waals surface area (Å²) >= 11 is 0. The maximum Gasteiger partial charge on any atom is 0.146 e.